The van der Waals surface area contributed by atoms with Crippen molar-refractivity contribution in [3.05, 3.63) is 35.4 Å². The van der Waals surface area contributed by atoms with Gasteiger partial charge in [0.05, 0.1) is 6.42 Å². The second-order valence-electron chi connectivity index (χ2n) is 4.95. The number of rotatable bonds is 4. The van der Waals surface area contributed by atoms with Crippen LogP contribution in [0.15, 0.2) is 24.3 Å². The van der Waals surface area contributed by atoms with Gasteiger partial charge in [0.25, 0.3) is 0 Å². The van der Waals surface area contributed by atoms with E-state index in [-0.39, 0.29) is 6.42 Å². The maximum Gasteiger partial charge on any atom is 0.307 e. The first-order valence-corrected chi connectivity index (χ1v) is 6.41. The molecule has 0 unspecified atom stereocenters. The zero-order valence-corrected chi connectivity index (χ0v) is 10.5. The van der Waals surface area contributed by atoms with E-state index in [1.807, 2.05) is 24.3 Å². The Balaban J connectivity index is 2.02. The lowest BCUT2D eigenvalue weighted by Gasteiger charge is -2.30. The van der Waals surface area contributed by atoms with Crippen LogP contribution >= 0.6 is 0 Å². The molecule has 0 aromatic heterocycles. The Hall–Kier alpha value is -1.39. The molecule has 2 rings (SSSR count). The Kier molecular flexibility index (Phi) is 4.33. The molecule has 1 aliphatic rings. The van der Waals surface area contributed by atoms with Crippen LogP contribution < -0.4 is 5.73 Å². The molecular formula is C14H20N2O2. The number of benzene rings is 1. The number of piperidine rings is 1. The number of aliphatic carboxylic acids is 1. The van der Waals surface area contributed by atoms with E-state index in [2.05, 4.69) is 4.90 Å². The average molecular weight is 248 g/mol. The Morgan fingerprint density at radius 3 is 2.50 bits per heavy atom. The number of likely N-dealkylation sites (tertiary alicyclic amines) is 1. The van der Waals surface area contributed by atoms with Gasteiger partial charge in [0.15, 0.2) is 0 Å². The van der Waals surface area contributed by atoms with Crippen LogP contribution in [-0.2, 0) is 17.8 Å². The van der Waals surface area contributed by atoms with Gasteiger partial charge in [0.2, 0.25) is 0 Å². The van der Waals surface area contributed by atoms with Gasteiger partial charge in [0.1, 0.15) is 0 Å². The third-order valence-electron chi connectivity index (χ3n) is 3.49. The molecule has 18 heavy (non-hydrogen) atoms. The third-order valence-corrected chi connectivity index (χ3v) is 3.49. The highest BCUT2D eigenvalue weighted by atomic mass is 16.4. The summed E-state index contributed by atoms with van der Waals surface area (Å²) in [4.78, 5) is 13.2. The Bertz CT molecular complexity index is 412. The second kappa shape index (κ2) is 5.98. The number of carbonyl (C=O) groups is 1. The minimum absolute atomic E-state index is 0.101. The highest BCUT2D eigenvalue weighted by molar-refractivity contribution is 5.70. The van der Waals surface area contributed by atoms with E-state index in [4.69, 9.17) is 10.8 Å². The van der Waals surface area contributed by atoms with E-state index >= 15 is 0 Å². The largest absolute Gasteiger partial charge is 0.481 e. The summed E-state index contributed by atoms with van der Waals surface area (Å²) in [6.07, 6.45) is 2.16. The molecule has 1 saturated heterocycles. The Morgan fingerprint density at radius 1 is 1.28 bits per heavy atom. The van der Waals surface area contributed by atoms with Crippen LogP contribution in [0.3, 0.4) is 0 Å². The van der Waals surface area contributed by atoms with Gasteiger partial charge in [-0.2, -0.15) is 0 Å². The van der Waals surface area contributed by atoms with E-state index in [0.717, 1.165) is 43.6 Å². The van der Waals surface area contributed by atoms with Crippen LogP contribution in [0.5, 0.6) is 0 Å². The lowest BCUT2D eigenvalue weighted by Crippen LogP contribution is -2.39. The number of carboxylic acids is 1. The maximum absolute atomic E-state index is 10.8. The molecule has 98 valence electrons. The first-order chi connectivity index (χ1) is 8.65. The zero-order chi connectivity index (χ0) is 13.0. The number of hydrogen-bond acceptors (Lipinski definition) is 3. The summed E-state index contributed by atoms with van der Waals surface area (Å²) in [5.41, 5.74) is 7.92. The van der Waals surface area contributed by atoms with Crippen molar-refractivity contribution in [2.24, 2.45) is 5.73 Å². The second-order valence-corrected chi connectivity index (χ2v) is 4.95. The van der Waals surface area contributed by atoms with Crippen LogP contribution in [0.4, 0.5) is 0 Å². The molecular weight excluding hydrogens is 228 g/mol. The summed E-state index contributed by atoms with van der Waals surface area (Å²) in [6.45, 7) is 2.83. The van der Waals surface area contributed by atoms with E-state index in [0.29, 0.717) is 6.04 Å². The van der Waals surface area contributed by atoms with Crippen LogP contribution in [0, 0.1) is 0 Å². The molecule has 0 radical (unpaired) electrons. The smallest absolute Gasteiger partial charge is 0.307 e. The summed E-state index contributed by atoms with van der Waals surface area (Å²) in [7, 11) is 0. The molecule has 1 aromatic carbocycles. The minimum atomic E-state index is -0.775. The predicted molar refractivity (Wildman–Crippen MR) is 70.3 cm³/mol. The molecule has 4 nitrogen and oxygen atoms in total. The lowest BCUT2D eigenvalue weighted by molar-refractivity contribution is -0.136. The van der Waals surface area contributed by atoms with Gasteiger partial charge in [-0.1, -0.05) is 24.3 Å². The molecule has 0 saturated carbocycles. The normalized spacial score (nSPS) is 17.8. The minimum Gasteiger partial charge on any atom is -0.481 e. The fourth-order valence-electron chi connectivity index (χ4n) is 2.40. The highest BCUT2D eigenvalue weighted by Crippen LogP contribution is 2.16. The first kappa shape index (κ1) is 13.1. The van der Waals surface area contributed by atoms with Crippen molar-refractivity contribution in [2.45, 2.75) is 31.8 Å². The number of carboxylic acid groups (broad SMARTS) is 1. The average Bonchev–Trinajstić information content (AvgIpc) is 2.34. The molecule has 0 bridgehead atoms. The van der Waals surface area contributed by atoms with Crippen LogP contribution in [-0.4, -0.2) is 35.1 Å². The van der Waals surface area contributed by atoms with Gasteiger partial charge in [-0.25, -0.2) is 0 Å². The van der Waals surface area contributed by atoms with Gasteiger partial charge in [-0.3, -0.25) is 9.69 Å². The fourth-order valence-corrected chi connectivity index (χ4v) is 2.40. The number of hydrogen-bond donors (Lipinski definition) is 2. The molecule has 0 aliphatic carbocycles. The van der Waals surface area contributed by atoms with Gasteiger partial charge in [-0.15, -0.1) is 0 Å². The topological polar surface area (TPSA) is 66.6 Å². The van der Waals surface area contributed by atoms with Gasteiger partial charge in [0, 0.05) is 12.6 Å². The molecule has 0 atom stereocenters. The van der Waals surface area contributed by atoms with Gasteiger partial charge < -0.3 is 10.8 Å². The summed E-state index contributed by atoms with van der Waals surface area (Å²) in [6, 6.07) is 8.12. The molecule has 1 heterocycles. The van der Waals surface area contributed by atoms with Crippen molar-refractivity contribution in [3.63, 3.8) is 0 Å². The van der Waals surface area contributed by atoms with E-state index < -0.39 is 5.97 Å². The van der Waals surface area contributed by atoms with Crippen molar-refractivity contribution >= 4 is 5.97 Å². The zero-order valence-electron chi connectivity index (χ0n) is 10.5. The molecule has 4 heteroatoms. The number of nitrogens with two attached hydrogens (primary N) is 1. The molecule has 1 fully saturated rings. The molecule has 1 aromatic rings. The van der Waals surface area contributed by atoms with E-state index in [1.54, 1.807) is 0 Å². The van der Waals surface area contributed by atoms with E-state index in [9.17, 15) is 4.79 Å². The van der Waals surface area contributed by atoms with Crippen molar-refractivity contribution in [1.82, 2.24) is 4.90 Å². The maximum atomic E-state index is 10.8. The molecule has 0 spiro atoms. The summed E-state index contributed by atoms with van der Waals surface area (Å²) < 4.78 is 0. The van der Waals surface area contributed by atoms with Crippen LogP contribution in [0.2, 0.25) is 0 Å². The quantitative estimate of drug-likeness (QED) is 0.841. The first-order valence-electron chi connectivity index (χ1n) is 6.41. The van der Waals surface area contributed by atoms with Gasteiger partial charge >= 0.3 is 5.97 Å². The molecule has 0 amide bonds. The van der Waals surface area contributed by atoms with Crippen molar-refractivity contribution in [2.75, 3.05) is 13.1 Å². The molecule has 3 N–H and O–H groups in total. The summed E-state index contributed by atoms with van der Waals surface area (Å²) in [5, 5.41) is 8.90. The van der Waals surface area contributed by atoms with Crippen molar-refractivity contribution < 1.29 is 9.90 Å². The van der Waals surface area contributed by atoms with Crippen molar-refractivity contribution in [3.8, 4) is 0 Å². The third kappa shape index (κ3) is 3.55. The molecule has 1 aliphatic heterocycles. The Morgan fingerprint density at radius 2 is 1.89 bits per heavy atom. The van der Waals surface area contributed by atoms with E-state index in [1.165, 1.54) is 0 Å². The van der Waals surface area contributed by atoms with Crippen LogP contribution in [0.25, 0.3) is 0 Å². The monoisotopic (exact) mass is 248 g/mol. The SMILES string of the molecule is NC1CCN(Cc2ccccc2CC(=O)O)CC1. The van der Waals surface area contributed by atoms with Crippen LogP contribution in [0.1, 0.15) is 24.0 Å². The number of nitrogens with zero attached hydrogens (tertiary/aromatic N) is 1. The summed E-state index contributed by atoms with van der Waals surface area (Å²) >= 11 is 0. The highest BCUT2D eigenvalue weighted by Gasteiger charge is 2.17. The fraction of sp³-hybridized carbons (Fsp3) is 0.500. The van der Waals surface area contributed by atoms with Crippen molar-refractivity contribution in [1.29, 1.82) is 0 Å². The van der Waals surface area contributed by atoms with Gasteiger partial charge in [-0.05, 0) is 37.1 Å². The standard InChI is InChI=1S/C14H20N2O2/c15-13-5-7-16(8-6-13)10-12-4-2-1-3-11(12)9-14(17)18/h1-4,13H,5-10,15H2,(H,17,18). The summed E-state index contributed by atoms with van der Waals surface area (Å²) in [5.74, 6) is -0.775. The predicted octanol–water partition coefficient (Wildman–Crippen LogP) is 1.24. The lowest BCUT2D eigenvalue weighted by atomic mass is 10.0. The Labute approximate surface area is 107 Å².